The van der Waals surface area contributed by atoms with E-state index in [1.165, 1.54) is 12.1 Å². The fourth-order valence-corrected chi connectivity index (χ4v) is 3.38. The minimum absolute atomic E-state index is 0.181. The van der Waals surface area contributed by atoms with Crippen molar-refractivity contribution in [2.24, 2.45) is 7.05 Å². The lowest BCUT2D eigenvalue weighted by molar-refractivity contribution is -0.127. The zero-order valence-electron chi connectivity index (χ0n) is 14.0. The van der Waals surface area contributed by atoms with Crippen molar-refractivity contribution < 1.29 is 14.0 Å². The van der Waals surface area contributed by atoms with Crippen molar-refractivity contribution in [2.75, 3.05) is 6.54 Å². The number of aryl methyl sites for hydroxylation is 2. The molecule has 126 valence electrons. The van der Waals surface area contributed by atoms with Crippen molar-refractivity contribution in [3.8, 4) is 0 Å². The number of ketones is 1. The van der Waals surface area contributed by atoms with Crippen LogP contribution in [0.5, 0.6) is 0 Å². The first-order valence-electron chi connectivity index (χ1n) is 8.01. The molecule has 0 radical (unpaired) electrons. The second-order valence-electron chi connectivity index (χ2n) is 6.21. The molecule has 6 heteroatoms. The number of hydrogen-bond acceptors (Lipinski definition) is 3. The smallest absolute Gasteiger partial charge is 0.295 e. The largest absolute Gasteiger partial charge is 0.329 e. The molecule has 2 aromatic rings. The van der Waals surface area contributed by atoms with Crippen LogP contribution in [0.15, 0.2) is 24.3 Å². The van der Waals surface area contributed by atoms with E-state index in [0.717, 1.165) is 18.4 Å². The molecule has 0 N–H and O–H groups in total. The summed E-state index contributed by atoms with van der Waals surface area (Å²) in [6, 6.07) is 5.94. The van der Waals surface area contributed by atoms with E-state index < -0.39 is 11.7 Å². The molecule has 3 rings (SSSR count). The molecule has 5 nitrogen and oxygen atoms in total. The number of likely N-dealkylation sites (tertiary alicyclic amines) is 1. The van der Waals surface area contributed by atoms with Crippen LogP contribution in [-0.4, -0.2) is 32.9 Å². The SMILES string of the molecule is Cc1nn(C)c(C)c1C(=O)C(=O)N1CCCC1c1ccc(F)cc1. The third kappa shape index (κ3) is 2.72. The van der Waals surface area contributed by atoms with Gasteiger partial charge in [-0.3, -0.25) is 14.3 Å². The van der Waals surface area contributed by atoms with Gasteiger partial charge in [-0.05, 0) is 44.4 Å². The topological polar surface area (TPSA) is 55.2 Å². The minimum atomic E-state index is -0.521. The Morgan fingerprint density at radius 2 is 1.88 bits per heavy atom. The first kappa shape index (κ1) is 16.4. The number of Topliss-reactive ketones (excluding diaryl/α,β-unsaturated/α-hetero) is 1. The molecule has 0 saturated carbocycles. The standard InChI is InChI=1S/C18H20FN3O2/c1-11-16(12(2)21(3)20-11)17(23)18(24)22-10-4-5-15(22)13-6-8-14(19)9-7-13/h6-9,15H,4-5,10H2,1-3H3. The van der Waals surface area contributed by atoms with Gasteiger partial charge in [0.25, 0.3) is 11.7 Å². The lowest BCUT2D eigenvalue weighted by Crippen LogP contribution is -2.36. The average molecular weight is 329 g/mol. The molecule has 1 amide bonds. The molecule has 2 heterocycles. The maximum atomic E-state index is 13.1. The van der Waals surface area contributed by atoms with Crippen LogP contribution in [0.3, 0.4) is 0 Å². The lowest BCUT2D eigenvalue weighted by Gasteiger charge is -2.24. The highest BCUT2D eigenvalue weighted by atomic mass is 19.1. The lowest BCUT2D eigenvalue weighted by atomic mass is 10.0. The van der Waals surface area contributed by atoms with Crippen molar-refractivity contribution in [1.29, 1.82) is 0 Å². The molecule has 1 saturated heterocycles. The Hall–Kier alpha value is -2.50. The van der Waals surface area contributed by atoms with Crippen LogP contribution in [0.4, 0.5) is 4.39 Å². The normalized spacial score (nSPS) is 17.3. The van der Waals surface area contributed by atoms with Crippen LogP contribution in [0.2, 0.25) is 0 Å². The first-order chi connectivity index (χ1) is 11.4. The molecule has 0 bridgehead atoms. The van der Waals surface area contributed by atoms with E-state index in [1.54, 1.807) is 42.6 Å². The monoisotopic (exact) mass is 329 g/mol. The van der Waals surface area contributed by atoms with Gasteiger partial charge in [0.15, 0.2) is 0 Å². The molecule has 1 aliphatic rings. The molecule has 0 spiro atoms. The molecule has 1 fully saturated rings. The maximum Gasteiger partial charge on any atom is 0.295 e. The van der Waals surface area contributed by atoms with Crippen molar-refractivity contribution in [1.82, 2.24) is 14.7 Å². The summed E-state index contributed by atoms with van der Waals surface area (Å²) in [5.74, 6) is -1.35. The molecule has 0 aliphatic carbocycles. The van der Waals surface area contributed by atoms with E-state index >= 15 is 0 Å². The van der Waals surface area contributed by atoms with Gasteiger partial charge in [-0.25, -0.2) is 4.39 Å². The summed E-state index contributed by atoms with van der Waals surface area (Å²) >= 11 is 0. The predicted molar refractivity (Wildman–Crippen MR) is 87.1 cm³/mol. The number of halogens is 1. The van der Waals surface area contributed by atoms with Crippen molar-refractivity contribution in [2.45, 2.75) is 32.7 Å². The zero-order valence-corrected chi connectivity index (χ0v) is 14.0. The van der Waals surface area contributed by atoms with Crippen molar-refractivity contribution >= 4 is 11.7 Å². The van der Waals surface area contributed by atoms with Crippen LogP contribution in [0.1, 0.15) is 46.2 Å². The Balaban J connectivity index is 1.88. The second-order valence-corrected chi connectivity index (χ2v) is 6.21. The second kappa shape index (κ2) is 6.19. The van der Waals surface area contributed by atoms with Crippen LogP contribution in [0.25, 0.3) is 0 Å². The van der Waals surface area contributed by atoms with Crippen LogP contribution in [0, 0.1) is 19.7 Å². The molecule has 1 aromatic heterocycles. The average Bonchev–Trinajstić information content (AvgIpc) is 3.12. The van der Waals surface area contributed by atoms with Gasteiger partial charge in [0.05, 0.1) is 17.3 Å². The minimum Gasteiger partial charge on any atom is -0.329 e. The Morgan fingerprint density at radius 3 is 2.46 bits per heavy atom. The van der Waals surface area contributed by atoms with Gasteiger partial charge in [-0.2, -0.15) is 5.10 Å². The van der Waals surface area contributed by atoms with Crippen molar-refractivity contribution in [3.05, 3.63) is 52.6 Å². The molecule has 1 unspecified atom stereocenters. The zero-order chi connectivity index (χ0) is 17.4. The van der Waals surface area contributed by atoms with E-state index in [9.17, 15) is 14.0 Å². The van der Waals surface area contributed by atoms with Gasteiger partial charge in [0.2, 0.25) is 0 Å². The molecular formula is C18H20FN3O2. The number of carbonyl (C=O) groups excluding carboxylic acids is 2. The van der Waals surface area contributed by atoms with Gasteiger partial charge >= 0.3 is 0 Å². The van der Waals surface area contributed by atoms with E-state index in [2.05, 4.69) is 5.10 Å². The number of amides is 1. The molecule has 24 heavy (non-hydrogen) atoms. The number of carbonyl (C=O) groups is 2. The van der Waals surface area contributed by atoms with Crippen molar-refractivity contribution in [3.63, 3.8) is 0 Å². The highest BCUT2D eigenvalue weighted by Gasteiger charge is 2.35. The Labute approximate surface area is 140 Å². The van der Waals surface area contributed by atoms with Gasteiger partial charge in [-0.15, -0.1) is 0 Å². The van der Waals surface area contributed by atoms with Gasteiger partial charge in [0.1, 0.15) is 5.82 Å². The summed E-state index contributed by atoms with van der Waals surface area (Å²) in [4.78, 5) is 27.1. The summed E-state index contributed by atoms with van der Waals surface area (Å²) in [5, 5.41) is 4.21. The molecule has 1 aromatic carbocycles. The molecule has 1 aliphatic heterocycles. The summed E-state index contributed by atoms with van der Waals surface area (Å²) < 4.78 is 14.7. The summed E-state index contributed by atoms with van der Waals surface area (Å²) in [6.07, 6.45) is 1.60. The number of rotatable bonds is 3. The maximum absolute atomic E-state index is 13.1. The van der Waals surface area contributed by atoms with Gasteiger partial charge in [0, 0.05) is 19.3 Å². The third-order valence-electron chi connectivity index (χ3n) is 4.70. The third-order valence-corrected chi connectivity index (χ3v) is 4.70. The molecule has 1 atom stereocenters. The summed E-state index contributed by atoms with van der Waals surface area (Å²) in [7, 11) is 1.75. The number of nitrogens with zero attached hydrogens (tertiary/aromatic N) is 3. The quantitative estimate of drug-likeness (QED) is 0.643. The van der Waals surface area contributed by atoms with Crippen LogP contribution in [-0.2, 0) is 11.8 Å². The Bertz CT molecular complexity index is 795. The van der Waals surface area contributed by atoms with E-state index in [4.69, 9.17) is 0 Å². The Kier molecular flexibility index (Phi) is 4.22. The Morgan fingerprint density at radius 1 is 1.21 bits per heavy atom. The van der Waals surface area contributed by atoms with E-state index in [1.807, 2.05) is 0 Å². The fraction of sp³-hybridized carbons (Fsp3) is 0.389. The van der Waals surface area contributed by atoms with Crippen LogP contribution >= 0.6 is 0 Å². The number of hydrogen-bond donors (Lipinski definition) is 0. The first-order valence-corrected chi connectivity index (χ1v) is 8.01. The number of aromatic nitrogens is 2. The van der Waals surface area contributed by atoms with Gasteiger partial charge in [-0.1, -0.05) is 12.1 Å². The van der Waals surface area contributed by atoms with E-state index in [0.29, 0.717) is 23.5 Å². The summed E-state index contributed by atoms with van der Waals surface area (Å²) in [5.41, 5.74) is 2.48. The molecular weight excluding hydrogens is 309 g/mol. The predicted octanol–water partition coefficient (Wildman–Crippen LogP) is 2.72. The summed E-state index contributed by atoms with van der Waals surface area (Å²) in [6.45, 7) is 4.04. The number of benzene rings is 1. The van der Waals surface area contributed by atoms with Crippen LogP contribution < -0.4 is 0 Å². The van der Waals surface area contributed by atoms with Gasteiger partial charge < -0.3 is 4.90 Å². The fourth-order valence-electron chi connectivity index (χ4n) is 3.38. The highest BCUT2D eigenvalue weighted by Crippen LogP contribution is 2.32. The van der Waals surface area contributed by atoms with E-state index in [-0.39, 0.29) is 11.9 Å². The highest BCUT2D eigenvalue weighted by molar-refractivity contribution is 6.43.